The Morgan fingerprint density at radius 3 is 2.70 bits per heavy atom. The van der Waals surface area contributed by atoms with Gasteiger partial charge in [-0.3, -0.25) is 0 Å². The first-order chi connectivity index (χ1) is 4.62. The smallest absolute Gasteiger partial charge is 0.0220 e. The summed E-state index contributed by atoms with van der Waals surface area (Å²) in [6, 6.07) is 0. The summed E-state index contributed by atoms with van der Waals surface area (Å²) >= 11 is 0. The summed E-state index contributed by atoms with van der Waals surface area (Å²) in [5, 5.41) is 0. The first-order valence-electron chi connectivity index (χ1n) is 4.09. The van der Waals surface area contributed by atoms with E-state index < -0.39 is 0 Å². The van der Waals surface area contributed by atoms with Gasteiger partial charge in [0.25, 0.3) is 0 Å². The molecule has 0 aromatic heterocycles. The van der Waals surface area contributed by atoms with Crippen LogP contribution in [-0.2, 0) is 0 Å². The second-order valence-corrected chi connectivity index (χ2v) is 4.05. The van der Waals surface area contributed by atoms with Gasteiger partial charge in [-0.2, -0.15) is 0 Å². The molecule has 0 radical (unpaired) electrons. The Kier molecular flexibility index (Phi) is 1.06. The highest BCUT2D eigenvalue weighted by Gasteiger charge is 2.52. The zero-order valence-corrected chi connectivity index (χ0v) is 6.56. The van der Waals surface area contributed by atoms with E-state index in [1.807, 2.05) is 0 Å². The minimum Gasteiger partial charge on any atom is -0.325 e. The average molecular weight is 137 g/mol. The van der Waals surface area contributed by atoms with Gasteiger partial charge in [0, 0.05) is 5.54 Å². The van der Waals surface area contributed by atoms with Crippen LogP contribution in [-0.4, -0.2) is 5.54 Å². The number of nitrogens with two attached hydrogens (primary N) is 1. The van der Waals surface area contributed by atoms with Crippen LogP contribution in [0.2, 0.25) is 0 Å². The fraction of sp³-hybridized carbons (Fsp3) is 0.778. The number of fused-ring (bicyclic) bond motifs is 2. The number of hydrogen-bond donors (Lipinski definition) is 1. The summed E-state index contributed by atoms with van der Waals surface area (Å²) in [5.41, 5.74) is 7.60. The van der Waals surface area contributed by atoms with Crippen LogP contribution in [0, 0.1) is 11.8 Å². The molecule has 3 saturated carbocycles. The van der Waals surface area contributed by atoms with Gasteiger partial charge in [0.05, 0.1) is 0 Å². The van der Waals surface area contributed by atoms with E-state index in [-0.39, 0.29) is 5.54 Å². The van der Waals surface area contributed by atoms with Crippen molar-refractivity contribution in [3.05, 3.63) is 12.2 Å². The Labute approximate surface area is 62.3 Å². The van der Waals surface area contributed by atoms with Crippen molar-refractivity contribution in [1.29, 1.82) is 0 Å². The highest BCUT2D eigenvalue weighted by Crippen LogP contribution is 2.53. The van der Waals surface area contributed by atoms with Crippen LogP contribution in [0.25, 0.3) is 0 Å². The summed E-state index contributed by atoms with van der Waals surface area (Å²) < 4.78 is 0. The van der Waals surface area contributed by atoms with Gasteiger partial charge in [0.1, 0.15) is 0 Å². The first kappa shape index (κ1) is 6.41. The number of rotatable bonds is 0. The van der Waals surface area contributed by atoms with Gasteiger partial charge >= 0.3 is 0 Å². The molecule has 0 heterocycles. The largest absolute Gasteiger partial charge is 0.325 e. The molecule has 0 amide bonds. The lowest BCUT2D eigenvalue weighted by atomic mass is 9.52. The predicted molar refractivity (Wildman–Crippen MR) is 42.6 cm³/mol. The molecular weight excluding hydrogens is 122 g/mol. The molecule has 3 aliphatic carbocycles. The van der Waals surface area contributed by atoms with Crippen LogP contribution in [0.15, 0.2) is 12.2 Å². The van der Waals surface area contributed by atoms with E-state index >= 15 is 0 Å². The molecule has 3 rings (SSSR count). The lowest BCUT2D eigenvalue weighted by molar-refractivity contribution is 0.0388. The number of hydrogen-bond acceptors (Lipinski definition) is 1. The molecule has 1 nitrogen and oxygen atoms in total. The Morgan fingerprint density at radius 2 is 2.40 bits per heavy atom. The molecule has 3 aliphatic rings. The third-order valence-corrected chi connectivity index (χ3v) is 3.46. The maximum atomic E-state index is 6.10. The van der Waals surface area contributed by atoms with E-state index in [1.165, 1.54) is 24.8 Å². The van der Waals surface area contributed by atoms with Crippen molar-refractivity contribution < 1.29 is 0 Å². The van der Waals surface area contributed by atoms with Crippen LogP contribution in [0.4, 0.5) is 0 Å². The Morgan fingerprint density at radius 1 is 1.70 bits per heavy atom. The van der Waals surface area contributed by atoms with E-state index in [1.54, 1.807) is 0 Å². The summed E-state index contributed by atoms with van der Waals surface area (Å²) in [6.07, 6.45) is 3.82. The Hall–Kier alpha value is -0.300. The molecule has 56 valence electrons. The van der Waals surface area contributed by atoms with Crippen LogP contribution >= 0.6 is 0 Å². The maximum absolute atomic E-state index is 6.10. The predicted octanol–water partition coefficient (Wildman–Crippen LogP) is 1.69. The van der Waals surface area contributed by atoms with E-state index in [0.717, 1.165) is 5.92 Å². The topological polar surface area (TPSA) is 26.0 Å². The second kappa shape index (κ2) is 1.65. The van der Waals surface area contributed by atoms with Gasteiger partial charge in [-0.25, -0.2) is 0 Å². The van der Waals surface area contributed by atoms with Crippen molar-refractivity contribution in [1.82, 2.24) is 0 Å². The van der Waals surface area contributed by atoms with E-state index in [0.29, 0.717) is 5.92 Å². The van der Waals surface area contributed by atoms with Crippen molar-refractivity contribution in [3.63, 3.8) is 0 Å². The van der Waals surface area contributed by atoms with Crippen molar-refractivity contribution >= 4 is 0 Å². The highest BCUT2D eigenvalue weighted by atomic mass is 14.8. The third-order valence-electron chi connectivity index (χ3n) is 3.46. The minimum atomic E-state index is 0.106. The van der Waals surface area contributed by atoms with Gasteiger partial charge < -0.3 is 5.73 Å². The third kappa shape index (κ3) is 0.567. The molecule has 0 spiro atoms. The molecule has 2 bridgehead atoms. The van der Waals surface area contributed by atoms with Gasteiger partial charge in [0.15, 0.2) is 0 Å². The molecule has 10 heavy (non-hydrogen) atoms. The molecule has 3 unspecified atom stereocenters. The Bertz CT molecular complexity index is 179. The van der Waals surface area contributed by atoms with Crippen molar-refractivity contribution in [2.75, 3.05) is 0 Å². The summed E-state index contributed by atoms with van der Waals surface area (Å²) in [5.74, 6) is 1.44. The average Bonchev–Trinajstić information content (AvgIpc) is 1.87. The van der Waals surface area contributed by atoms with Crippen molar-refractivity contribution in [3.8, 4) is 0 Å². The molecule has 0 aliphatic heterocycles. The molecule has 3 atom stereocenters. The normalized spacial score (nSPS) is 52.4. The summed E-state index contributed by atoms with van der Waals surface area (Å²) in [4.78, 5) is 0. The molecule has 0 aromatic rings. The SMILES string of the molecule is C=C1CCC2CC1C2(C)N. The van der Waals surface area contributed by atoms with Crippen LogP contribution in [0.1, 0.15) is 26.2 Å². The molecule has 0 aromatic carbocycles. The molecular formula is C9H15N. The summed E-state index contributed by atoms with van der Waals surface area (Å²) in [6.45, 7) is 6.23. The second-order valence-electron chi connectivity index (χ2n) is 4.05. The van der Waals surface area contributed by atoms with Crippen LogP contribution in [0.5, 0.6) is 0 Å². The first-order valence-corrected chi connectivity index (χ1v) is 4.09. The van der Waals surface area contributed by atoms with Crippen LogP contribution in [0.3, 0.4) is 0 Å². The highest BCUT2D eigenvalue weighted by molar-refractivity contribution is 5.22. The zero-order chi connectivity index (χ0) is 7.35. The van der Waals surface area contributed by atoms with E-state index in [4.69, 9.17) is 5.73 Å². The standard InChI is InChI=1S/C9H15N/c1-6-3-4-7-5-8(6)9(7,2)10/h7-8H,1,3-5,10H2,2H3. The monoisotopic (exact) mass is 137 g/mol. The fourth-order valence-electron chi connectivity index (χ4n) is 2.49. The van der Waals surface area contributed by atoms with E-state index in [9.17, 15) is 0 Å². The van der Waals surface area contributed by atoms with Gasteiger partial charge in [-0.05, 0) is 38.0 Å². The maximum Gasteiger partial charge on any atom is 0.0220 e. The lowest BCUT2D eigenvalue weighted by Gasteiger charge is -2.57. The van der Waals surface area contributed by atoms with Gasteiger partial charge in [-0.15, -0.1) is 0 Å². The zero-order valence-electron chi connectivity index (χ0n) is 6.56. The van der Waals surface area contributed by atoms with Gasteiger partial charge in [0.2, 0.25) is 0 Å². The molecule has 2 N–H and O–H groups in total. The molecule has 3 fully saturated rings. The fourth-order valence-corrected chi connectivity index (χ4v) is 2.49. The summed E-state index contributed by atoms with van der Waals surface area (Å²) in [7, 11) is 0. The molecule has 1 heteroatoms. The van der Waals surface area contributed by atoms with Gasteiger partial charge in [-0.1, -0.05) is 12.2 Å². The van der Waals surface area contributed by atoms with E-state index in [2.05, 4.69) is 13.5 Å². The van der Waals surface area contributed by atoms with Crippen LogP contribution < -0.4 is 5.73 Å². The van der Waals surface area contributed by atoms with Crippen molar-refractivity contribution in [2.45, 2.75) is 31.7 Å². The molecule has 0 saturated heterocycles. The quantitative estimate of drug-likeness (QED) is 0.505. The Balaban J connectivity index is 2.23. The minimum absolute atomic E-state index is 0.106. The van der Waals surface area contributed by atoms with Crippen molar-refractivity contribution in [2.24, 2.45) is 17.6 Å². The lowest BCUT2D eigenvalue weighted by Crippen LogP contribution is -2.62.